The fourth-order valence-electron chi connectivity index (χ4n) is 2.84. The molecule has 1 amide bonds. The van der Waals surface area contributed by atoms with E-state index >= 15 is 0 Å². The maximum absolute atomic E-state index is 12.5. The van der Waals surface area contributed by atoms with Crippen LogP contribution in [0.1, 0.15) is 30.5 Å². The molecular formula is C22H22ClNO3S2. The number of amides is 1. The first-order valence-corrected chi connectivity index (χ1v) is 10.9. The minimum atomic E-state index is -0.0868. The van der Waals surface area contributed by atoms with Gasteiger partial charge < -0.3 is 9.47 Å². The van der Waals surface area contributed by atoms with Crippen molar-refractivity contribution in [2.45, 2.75) is 27.4 Å². The summed E-state index contributed by atoms with van der Waals surface area (Å²) in [5.74, 6) is 0.952. The van der Waals surface area contributed by atoms with Gasteiger partial charge in [-0.05, 0) is 50.1 Å². The molecule has 1 saturated heterocycles. The molecule has 0 radical (unpaired) electrons. The second kappa shape index (κ2) is 9.65. The van der Waals surface area contributed by atoms with Gasteiger partial charge in [-0.25, -0.2) is 0 Å². The Bertz CT molecular complexity index is 957. The summed E-state index contributed by atoms with van der Waals surface area (Å²) >= 11 is 13.1. The predicted octanol–water partition coefficient (Wildman–Crippen LogP) is 5.85. The average Bonchev–Trinajstić information content (AvgIpc) is 2.95. The van der Waals surface area contributed by atoms with Gasteiger partial charge in [0, 0.05) is 6.54 Å². The third kappa shape index (κ3) is 5.13. The molecule has 1 aliphatic heterocycles. The van der Waals surface area contributed by atoms with Crippen LogP contribution in [0.15, 0.2) is 41.3 Å². The number of carbonyl (C=O) groups excluding carboxylic acids is 1. The van der Waals surface area contributed by atoms with Gasteiger partial charge in [-0.3, -0.25) is 9.69 Å². The van der Waals surface area contributed by atoms with Gasteiger partial charge in [-0.2, -0.15) is 0 Å². The van der Waals surface area contributed by atoms with Gasteiger partial charge in [0.1, 0.15) is 10.9 Å². The number of hydrogen-bond donors (Lipinski definition) is 0. The van der Waals surface area contributed by atoms with E-state index in [4.69, 9.17) is 33.3 Å². The number of benzene rings is 2. The lowest BCUT2D eigenvalue weighted by atomic mass is 10.1. The van der Waals surface area contributed by atoms with Crippen molar-refractivity contribution >= 4 is 51.9 Å². The SMILES string of the molecule is CCOc1cc(/C=C2\SC(=S)N(CC)C2=O)cc(Cl)c1OCc1ccc(C)cc1. The Balaban J connectivity index is 1.86. The van der Waals surface area contributed by atoms with Gasteiger partial charge in [0.05, 0.1) is 16.5 Å². The molecule has 4 nitrogen and oxygen atoms in total. The zero-order valence-corrected chi connectivity index (χ0v) is 18.9. The topological polar surface area (TPSA) is 38.8 Å². The highest BCUT2D eigenvalue weighted by atomic mass is 35.5. The summed E-state index contributed by atoms with van der Waals surface area (Å²) in [5, 5.41) is 0.431. The van der Waals surface area contributed by atoms with Crippen molar-refractivity contribution < 1.29 is 14.3 Å². The number of hydrogen-bond acceptors (Lipinski definition) is 5. The van der Waals surface area contributed by atoms with Crippen LogP contribution in [0.2, 0.25) is 5.02 Å². The molecule has 2 aromatic rings. The molecular weight excluding hydrogens is 426 g/mol. The number of thiocarbonyl (C=S) groups is 1. The number of thioether (sulfide) groups is 1. The number of aryl methyl sites for hydroxylation is 1. The summed E-state index contributed by atoms with van der Waals surface area (Å²) in [5.41, 5.74) is 3.00. The normalized spacial score (nSPS) is 15.3. The minimum absolute atomic E-state index is 0.0868. The third-order valence-corrected chi connectivity index (χ3v) is 5.98. The monoisotopic (exact) mass is 447 g/mol. The molecule has 0 spiro atoms. The molecule has 0 aliphatic carbocycles. The van der Waals surface area contributed by atoms with E-state index in [1.807, 2.05) is 51.1 Å². The highest BCUT2D eigenvalue weighted by Crippen LogP contribution is 2.39. The lowest BCUT2D eigenvalue weighted by molar-refractivity contribution is -0.121. The van der Waals surface area contributed by atoms with Crippen molar-refractivity contribution in [2.75, 3.05) is 13.2 Å². The van der Waals surface area contributed by atoms with E-state index in [0.29, 0.717) is 45.5 Å². The summed E-state index contributed by atoms with van der Waals surface area (Å²) < 4.78 is 12.3. The Morgan fingerprint density at radius 3 is 2.52 bits per heavy atom. The summed E-state index contributed by atoms with van der Waals surface area (Å²) in [4.78, 5) is 14.6. The van der Waals surface area contributed by atoms with Crippen molar-refractivity contribution in [1.29, 1.82) is 0 Å². The van der Waals surface area contributed by atoms with Crippen LogP contribution in [0.25, 0.3) is 6.08 Å². The molecule has 1 aliphatic rings. The van der Waals surface area contributed by atoms with Crippen LogP contribution < -0.4 is 9.47 Å². The Morgan fingerprint density at radius 1 is 1.17 bits per heavy atom. The van der Waals surface area contributed by atoms with Gasteiger partial charge in [-0.15, -0.1) is 0 Å². The second-order valence-electron chi connectivity index (χ2n) is 6.46. The van der Waals surface area contributed by atoms with Crippen molar-refractivity contribution in [2.24, 2.45) is 0 Å². The molecule has 0 aromatic heterocycles. The quantitative estimate of drug-likeness (QED) is 0.393. The number of rotatable bonds is 7. The molecule has 29 heavy (non-hydrogen) atoms. The van der Waals surface area contributed by atoms with E-state index in [1.54, 1.807) is 17.0 Å². The molecule has 7 heteroatoms. The van der Waals surface area contributed by atoms with E-state index in [9.17, 15) is 4.79 Å². The largest absolute Gasteiger partial charge is 0.490 e. The number of likely N-dealkylation sites (N-methyl/N-ethyl adjacent to an activating group) is 1. The summed E-state index contributed by atoms with van der Waals surface area (Å²) in [7, 11) is 0. The van der Waals surface area contributed by atoms with Crippen LogP contribution in [0, 0.1) is 6.92 Å². The maximum atomic E-state index is 12.5. The summed E-state index contributed by atoms with van der Waals surface area (Å²) in [6.45, 7) is 7.25. The molecule has 152 valence electrons. The molecule has 1 heterocycles. The molecule has 0 atom stereocenters. The fourth-order valence-corrected chi connectivity index (χ4v) is 4.50. The fraction of sp³-hybridized carbons (Fsp3) is 0.273. The second-order valence-corrected chi connectivity index (χ2v) is 8.55. The number of nitrogens with zero attached hydrogens (tertiary/aromatic N) is 1. The van der Waals surface area contributed by atoms with Gasteiger partial charge in [0.2, 0.25) is 0 Å². The first-order valence-electron chi connectivity index (χ1n) is 9.33. The number of carbonyl (C=O) groups is 1. The van der Waals surface area contributed by atoms with E-state index in [-0.39, 0.29) is 5.91 Å². The van der Waals surface area contributed by atoms with Gasteiger partial charge >= 0.3 is 0 Å². The lowest BCUT2D eigenvalue weighted by Gasteiger charge is -2.15. The lowest BCUT2D eigenvalue weighted by Crippen LogP contribution is -2.27. The highest BCUT2D eigenvalue weighted by molar-refractivity contribution is 8.26. The Morgan fingerprint density at radius 2 is 1.90 bits per heavy atom. The van der Waals surface area contributed by atoms with Crippen molar-refractivity contribution in [3.05, 3.63) is 63.0 Å². The molecule has 3 rings (SSSR count). The van der Waals surface area contributed by atoms with Crippen LogP contribution in [0.3, 0.4) is 0 Å². The first-order chi connectivity index (χ1) is 13.9. The zero-order valence-electron chi connectivity index (χ0n) is 16.5. The van der Waals surface area contributed by atoms with Crippen LogP contribution in [-0.2, 0) is 11.4 Å². The Kier molecular flexibility index (Phi) is 7.22. The third-order valence-electron chi connectivity index (χ3n) is 4.32. The van der Waals surface area contributed by atoms with Crippen molar-refractivity contribution in [3.8, 4) is 11.5 Å². The van der Waals surface area contributed by atoms with E-state index < -0.39 is 0 Å². The first kappa shape index (κ1) is 21.7. The molecule has 0 N–H and O–H groups in total. The van der Waals surface area contributed by atoms with Crippen LogP contribution in [0.5, 0.6) is 11.5 Å². The number of ether oxygens (including phenoxy) is 2. The van der Waals surface area contributed by atoms with E-state index in [0.717, 1.165) is 11.1 Å². The van der Waals surface area contributed by atoms with Crippen LogP contribution in [0.4, 0.5) is 0 Å². The van der Waals surface area contributed by atoms with E-state index in [1.165, 1.54) is 17.3 Å². The minimum Gasteiger partial charge on any atom is -0.490 e. The smallest absolute Gasteiger partial charge is 0.266 e. The average molecular weight is 448 g/mol. The van der Waals surface area contributed by atoms with Gasteiger partial charge in [0.25, 0.3) is 5.91 Å². The highest BCUT2D eigenvalue weighted by Gasteiger charge is 2.30. The Hall–Kier alpha value is -2.02. The van der Waals surface area contributed by atoms with E-state index in [2.05, 4.69) is 0 Å². The molecule has 0 saturated carbocycles. The summed E-state index contributed by atoms with van der Waals surface area (Å²) in [6, 6.07) is 11.7. The zero-order chi connectivity index (χ0) is 21.0. The molecule has 0 bridgehead atoms. The standard InChI is InChI=1S/C22H22ClNO3S2/c1-4-24-21(25)19(29-22(24)28)12-16-10-17(23)20(18(11-16)26-5-2)27-13-15-8-6-14(3)7-9-15/h6-12H,4-5,13H2,1-3H3/b19-12-. The van der Waals surface area contributed by atoms with Crippen LogP contribution in [-0.4, -0.2) is 28.3 Å². The summed E-state index contributed by atoms with van der Waals surface area (Å²) in [6.07, 6.45) is 1.78. The number of halogens is 1. The molecule has 2 aromatic carbocycles. The van der Waals surface area contributed by atoms with Gasteiger partial charge in [-0.1, -0.05) is 65.4 Å². The molecule has 0 unspecified atom stereocenters. The maximum Gasteiger partial charge on any atom is 0.266 e. The Labute approximate surface area is 185 Å². The molecule has 1 fully saturated rings. The van der Waals surface area contributed by atoms with Crippen LogP contribution >= 0.6 is 35.6 Å². The predicted molar refractivity (Wildman–Crippen MR) is 124 cm³/mol. The van der Waals surface area contributed by atoms with Crippen molar-refractivity contribution in [1.82, 2.24) is 4.90 Å². The van der Waals surface area contributed by atoms with Crippen molar-refractivity contribution in [3.63, 3.8) is 0 Å². The van der Waals surface area contributed by atoms with Gasteiger partial charge in [0.15, 0.2) is 11.5 Å².